The summed E-state index contributed by atoms with van der Waals surface area (Å²) in [5, 5.41) is 16.1. The summed E-state index contributed by atoms with van der Waals surface area (Å²) in [5.41, 5.74) is 0.995. The van der Waals surface area contributed by atoms with E-state index in [1.165, 1.54) is 0 Å². The zero-order valence-electron chi connectivity index (χ0n) is 11.3. The van der Waals surface area contributed by atoms with E-state index in [1.54, 1.807) is 16.4 Å². The summed E-state index contributed by atoms with van der Waals surface area (Å²) in [4.78, 5) is 0. The van der Waals surface area contributed by atoms with Crippen molar-refractivity contribution in [3.63, 3.8) is 0 Å². The third kappa shape index (κ3) is 4.04. The zero-order chi connectivity index (χ0) is 13.5. The Morgan fingerprint density at radius 2 is 2.11 bits per heavy atom. The number of nitrogens with one attached hydrogen (secondary N) is 1. The molecule has 0 spiro atoms. The predicted molar refractivity (Wildman–Crippen MR) is 77.6 cm³/mol. The highest BCUT2D eigenvalue weighted by Crippen LogP contribution is 2.20. The van der Waals surface area contributed by atoms with Crippen molar-refractivity contribution in [3.8, 4) is 5.69 Å². The number of hydrogen-bond acceptors (Lipinski definition) is 5. The molecular weight excluding hydrogens is 258 g/mol. The minimum absolute atomic E-state index is 0.589. The molecule has 0 fully saturated rings. The van der Waals surface area contributed by atoms with Gasteiger partial charge in [0.25, 0.3) is 0 Å². The van der Waals surface area contributed by atoms with Crippen LogP contribution in [0.5, 0.6) is 0 Å². The minimum atomic E-state index is 0.589. The van der Waals surface area contributed by atoms with E-state index >= 15 is 0 Å². The first kappa shape index (κ1) is 14.0. The van der Waals surface area contributed by atoms with Gasteiger partial charge >= 0.3 is 0 Å². The first-order chi connectivity index (χ1) is 9.31. The molecule has 6 heteroatoms. The average Bonchev–Trinajstić information content (AvgIpc) is 2.92. The summed E-state index contributed by atoms with van der Waals surface area (Å²) in [7, 11) is 0. The van der Waals surface area contributed by atoms with Crippen LogP contribution in [-0.4, -0.2) is 39.0 Å². The van der Waals surface area contributed by atoms with E-state index in [4.69, 9.17) is 0 Å². The maximum absolute atomic E-state index is 4.09. The molecular formula is C13H19N5S. The molecule has 5 nitrogen and oxygen atoms in total. The van der Waals surface area contributed by atoms with Crippen LogP contribution in [0.15, 0.2) is 35.5 Å². The van der Waals surface area contributed by atoms with Gasteiger partial charge in [-0.2, -0.15) is 4.68 Å². The summed E-state index contributed by atoms with van der Waals surface area (Å²) >= 11 is 1.69. The Bertz CT molecular complexity index is 485. The van der Waals surface area contributed by atoms with Crippen LogP contribution in [0.25, 0.3) is 5.69 Å². The van der Waals surface area contributed by atoms with Crippen LogP contribution in [0, 0.1) is 5.92 Å². The third-order valence-electron chi connectivity index (χ3n) is 2.68. The molecule has 2 rings (SSSR count). The lowest BCUT2D eigenvalue weighted by Crippen LogP contribution is -2.22. The summed E-state index contributed by atoms with van der Waals surface area (Å²) < 4.78 is 1.78. The highest BCUT2D eigenvalue weighted by atomic mass is 32.2. The van der Waals surface area contributed by atoms with Gasteiger partial charge in [-0.3, -0.25) is 0 Å². The van der Waals surface area contributed by atoms with E-state index in [2.05, 4.69) is 34.7 Å². The van der Waals surface area contributed by atoms with Gasteiger partial charge in [0.15, 0.2) is 0 Å². The zero-order valence-corrected chi connectivity index (χ0v) is 12.1. The highest BCUT2D eigenvalue weighted by molar-refractivity contribution is 7.99. The van der Waals surface area contributed by atoms with Crippen molar-refractivity contribution in [1.82, 2.24) is 25.5 Å². The van der Waals surface area contributed by atoms with Gasteiger partial charge in [0.1, 0.15) is 0 Å². The normalized spacial score (nSPS) is 12.5. The molecule has 19 heavy (non-hydrogen) atoms. The molecule has 1 heterocycles. The Balaban J connectivity index is 1.97. The SMILES string of the molecule is CCNCC(C)CSc1nnnn1-c1ccccc1. The van der Waals surface area contributed by atoms with Gasteiger partial charge in [-0.25, -0.2) is 0 Å². The molecule has 0 amide bonds. The molecule has 102 valence electrons. The number of nitrogens with zero attached hydrogens (tertiary/aromatic N) is 4. The van der Waals surface area contributed by atoms with Gasteiger partial charge in [0.05, 0.1) is 5.69 Å². The first-order valence-corrected chi connectivity index (χ1v) is 7.47. The molecule has 2 aromatic rings. The van der Waals surface area contributed by atoms with E-state index in [0.717, 1.165) is 29.7 Å². The Kier molecular flexibility index (Phi) is 5.35. The van der Waals surface area contributed by atoms with Crippen LogP contribution < -0.4 is 5.32 Å². The van der Waals surface area contributed by atoms with E-state index in [-0.39, 0.29) is 0 Å². The van der Waals surface area contributed by atoms with Crippen molar-refractivity contribution in [2.75, 3.05) is 18.8 Å². The molecule has 1 aromatic carbocycles. The Labute approximate surface area is 117 Å². The lowest BCUT2D eigenvalue weighted by atomic mass is 10.2. The van der Waals surface area contributed by atoms with Crippen molar-refractivity contribution >= 4 is 11.8 Å². The second kappa shape index (κ2) is 7.25. The van der Waals surface area contributed by atoms with Crippen LogP contribution in [0.4, 0.5) is 0 Å². The summed E-state index contributed by atoms with van der Waals surface area (Å²) in [6.07, 6.45) is 0. The first-order valence-electron chi connectivity index (χ1n) is 6.48. The topological polar surface area (TPSA) is 55.6 Å². The molecule has 0 saturated carbocycles. The molecule has 1 unspecified atom stereocenters. The van der Waals surface area contributed by atoms with Crippen LogP contribution in [0.1, 0.15) is 13.8 Å². The van der Waals surface area contributed by atoms with E-state index in [0.29, 0.717) is 5.92 Å². The number of thioether (sulfide) groups is 1. The lowest BCUT2D eigenvalue weighted by molar-refractivity contribution is 0.573. The third-order valence-corrected chi connectivity index (χ3v) is 3.93. The van der Waals surface area contributed by atoms with Crippen molar-refractivity contribution in [1.29, 1.82) is 0 Å². The summed E-state index contributed by atoms with van der Waals surface area (Å²) in [5.74, 6) is 1.59. The second-order valence-corrected chi connectivity index (χ2v) is 5.42. The van der Waals surface area contributed by atoms with Crippen molar-refractivity contribution in [2.24, 2.45) is 5.92 Å². The maximum Gasteiger partial charge on any atom is 0.214 e. The van der Waals surface area contributed by atoms with Crippen LogP contribution in [-0.2, 0) is 0 Å². The predicted octanol–water partition coefficient (Wildman–Crippen LogP) is 2.00. The van der Waals surface area contributed by atoms with Gasteiger partial charge in [-0.15, -0.1) is 5.10 Å². The van der Waals surface area contributed by atoms with E-state index in [9.17, 15) is 0 Å². The Morgan fingerprint density at radius 3 is 2.84 bits per heavy atom. The van der Waals surface area contributed by atoms with Gasteiger partial charge < -0.3 is 5.32 Å². The van der Waals surface area contributed by atoms with E-state index in [1.807, 2.05) is 30.3 Å². The average molecular weight is 277 g/mol. The molecule has 0 radical (unpaired) electrons. The monoisotopic (exact) mass is 277 g/mol. The minimum Gasteiger partial charge on any atom is -0.317 e. The molecule has 0 aliphatic heterocycles. The smallest absolute Gasteiger partial charge is 0.214 e. The fraction of sp³-hybridized carbons (Fsp3) is 0.462. The van der Waals surface area contributed by atoms with Crippen molar-refractivity contribution in [2.45, 2.75) is 19.0 Å². The molecule has 0 saturated heterocycles. The number of para-hydroxylation sites is 1. The van der Waals surface area contributed by atoms with Crippen LogP contribution >= 0.6 is 11.8 Å². The van der Waals surface area contributed by atoms with Gasteiger partial charge in [0.2, 0.25) is 5.16 Å². The number of tetrazole rings is 1. The van der Waals surface area contributed by atoms with Crippen molar-refractivity contribution in [3.05, 3.63) is 30.3 Å². The number of benzene rings is 1. The molecule has 0 aliphatic rings. The standard InChI is InChI=1S/C13H19N5S/c1-3-14-9-11(2)10-19-13-15-16-17-18(13)12-7-5-4-6-8-12/h4-8,11,14H,3,9-10H2,1-2H3. The Morgan fingerprint density at radius 1 is 1.32 bits per heavy atom. The number of aromatic nitrogens is 4. The maximum atomic E-state index is 4.09. The second-order valence-electron chi connectivity index (χ2n) is 4.43. The number of hydrogen-bond donors (Lipinski definition) is 1. The van der Waals surface area contributed by atoms with Gasteiger partial charge in [0, 0.05) is 5.75 Å². The lowest BCUT2D eigenvalue weighted by Gasteiger charge is -2.10. The molecule has 1 N–H and O–H groups in total. The fourth-order valence-electron chi connectivity index (χ4n) is 1.67. The molecule has 0 aliphatic carbocycles. The summed E-state index contributed by atoms with van der Waals surface area (Å²) in [6.45, 7) is 6.38. The van der Waals surface area contributed by atoms with Crippen molar-refractivity contribution < 1.29 is 0 Å². The van der Waals surface area contributed by atoms with Gasteiger partial charge in [-0.1, -0.05) is 43.8 Å². The van der Waals surface area contributed by atoms with Crippen LogP contribution in [0.2, 0.25) is 0 Å². The molecule has 1 atom stereocenters. The fourth-order valence-corrected chi connectivity index (χ4v) is 2.58. The quantitative estimate of drug-likeness (QED) is 0.785. The number of rotatable bonds is 7. The van der Waals surface area contributed by atoms with E-state index < -0.39 is 0 Å². The largest absolute Gasteiger partial charge is 0.317 e. The Hall–Kier alpha value is -1.40. The van der Waals surface area contributed by atoms with Crippen LogP contribution in [0.3, 0.4) is 0 Å². The summed E-state index contributed by atoms with van der Waals surface area (Å²) in [6, 6.07) is 9.96. The molecule has 1 aromatic heterocycles. The highest BCUT2D eigenvalue weighted by Gasteiger charge is 2.10. The molecule has 0 bridgehead atoms. The van der Waals surface area contributed by atoms with Gasteiger partial charge in [-0.05, 0) is 41.6 Å².